The molecule has 0 radical (unpaired) electrons. The van der Waals surface area contributed by atoms with Gasteiger partial charge in [-0.25, -0.2) is 0 Å². The lowest BCUT2D eigenvalue weighted by Crippen LogP contribution is -2.35. The van der Waals surface area contributed by atoms with Gasteiger partial charge in [-0.05, 0) is 12.1 Å². The fourth-order valence-electron chi connectivity index (χ4n) is 1.96. The number of benzene rings is 1. The quantitative estimate of drug-likeness (QED) is 0.219. The molecule has 0 amide bonds. The Labute approximate surface area is 166 Å². The van der Waals surface area contributed by atoms with E-state index in [9.17, 15) is 25.3 Å². The summed E-state index contributed by atoms with van der Waals surface area (Å²) < 4.78 is 16.3. The highest BCUT2D eigenvalue weighted by Crippen LogP contribution is 2.31. The van der Waals surface area contributed by atoms with Crippen molar-refractivity contribution in [3.05, 3.63) is 38.4 Å². The van der Waals surface area contributed by atoms with Gasteiger partial charge in [0.25, 0.3) is 10.2 Å². The van der Waals surface area contributed by atoms with E-state index in [0.29, 0.717) is 12.3 Å². The maximum absolute atomic E-state index is 10.2. The van der Waals surface area contributed by atoms with E-state index < -0.39 is 16.3 Å². The van der Waals surface area contributed by atoms with Gasteiger partial charge in [0.15, 0.2) is 11.5 Å². The zero-order chi connectivity index (χ0) is 21.6. The van der Waals surface area contributed by atoms with E-state index in [0.717, 1.165) is 0 Å². The fraction of sp³-hybridized carbons (Fsp3) is 0.625. The third-order valence-electron chi connectivity index (χ3n) is 3.19. The number of nitrogens with zero attached hydrogens (tertiary/aromatic N) is 2. The molecule has 0 saturated carbocycles. The topological polar surface area (TPSA) is 165 Å². The van der Waals surface area contributed by atoms with Crippen LogP contribution in [0.4, 0.5) is 0 Å². The predicted molar refractivity (Wildman–Crippen MR) is 98.0 cm³/mol. The van der Waals surface area contributed by atoms with Crippen molar-refractivity contribution in [2.75, 3.05) is 39.6 Å². The smallest absolute Gasteiger partial charge is 0.294 e. The summed E-state index contributed by atoms with van der Waals surface area (Å²) >= 11 is 0. The standard InChI is InChI=1S/C16H25N3O10/c1-12(2)17-10-13(20)11-27-16-9-14(25-5-7-28-18(21)22)3-4-15(16)26-6-8-29-19(23)24/h3-4,9,12-13,17,20H,5-8,10-11H2,1-2H3. The Morgan fingerprint density at radius 1 is 0.966 bits per heavy atom. The van der Waals surface area contributed by atoms with Crippen molar-refractivity contribution in [2.24, 2.45) is 0 Å². The molecule has 0 saturated heterocycles. The van der Waals surface area contributed by atoms with Crippen LogP contribution >= 0.6 is 0 Å². The van der Waals surface area contributed by atoms with Gasteiger partial charge in [0.2, 0.25) is 0 Å². The average Bonchev–Trinajstić information content (AvgIpc) is 2.65. The van der Waals surface area contributed by atoms with Crippen LogP contribution in [0.5, 0.6) is 17.2 Å². The molecule has 0 heterocycles. The summed E-state index contributed by atoms with van der Waals surface area (Å²) in [7, 11) is 0. The average molecular weight is 419 g/mol. The molecule has 2 N–H and O–H groups in total. The number of rotatable bonds is 16. The summed E-state index contributed by atoms with van der Waals surface area (Å²) in [4.78, 5) is 28.6. The zero-order valence-corrected chi connectivity index (χ0v) is 16.1. The lowest BCUT2D eigenvalue weighted by molar-refractivity contribution is -0.757. The first-order chi connectivity index (χ1) is 13.8. The highest BCUT2D eigenvalue weighted by Gasteiger charge is 2.12. The van der Waals surface area contributed by atoms with Crippen molar-refractivity contribution in [1.82, 2.24) is 5.32 Å². The summed E-state index contributed by atoms with van der Waals surface area (Å²) in [6.45, 7) is 3.45. The van der Waals surface area contributed by atoms with Crippen LogP contribution in [-0.4, -0.2) is 67.0 Å². The molecule has 29 heavy (non-hydrogen) atoms. The number of aliphatic hydroxyl groups is 1. The minimum atomic E-state index is -0.928. The molecular formula is C16H25N3O10. The number of aliphatic hydroxyl groups excluding tert-OH is 1. The molecule has 1 atom stereocenters. The molecule has 1 aromatic carbocycles. The summed E-state index contributed by atoms with van der Waals surface area (Å²) in [5.74, 6) is 0.813. The van der Waals surface area contributed by atoms with Gasteiger partial charge < -0.3 is 34.3 Å². The Balaban J connectivity index is 2.68. The molecular weight excluding hydrogens is 394 g/mol. The molecule has 0 aliphatic carbocycles. The largest absolute Gasteiger partial charge is 0.491 e. The van der Waals surface area contributed by atoms with Crippen LogP contribution in [0.1, 0.15) is 13.8 Å². The summed E-state index contributed by atoms with van der Waals surface area (Å²) in [6.07, 6.45) is -0.791. The Morgan fingerprint density at radius 3 is 2.17 bits per heavy atom. The second-order valence-electron chi connectivity index (χ2n) is 5.95. The maximum Gasteiger partial charge on any atom is 0.294 e. The molecule has 0 aromatic heterocycles. The van der Waals surface area contributed by atoms with E-state index in [1.54, 1.807) is 0 Å². The van der Waals surface area contributed by atoms with Gasteiger partial charge in [-0.1, -0.05) is 13.8 Å². The number of ether oxygens (including phenoxy) is 3. The van der Waals surface area contributed by atoms with E-state index in [-0.39, 0.29) is 50.6 Å². The number of nitrogens with one attached hydrogen (secondary N) is 1. The highest BCUT2D eigenvalue weighted by atomic mass is 17.0. The Morgan fingerprint density at radius 2 is 1.59 bits per heavy atom. The number of hydrogen-bond donors (Lipinski definition) is 2. The maximum atomic E-state index is 10.2. The highest BCUT2D eigenvalue weighted by molar-refractivity contribution is 5.45. The molecule has 0 aliphatic rings. The molecule has 1 unspecified atom stereocenters. The van der Waals surface area contributed by atoms with Crippen LogP contribution in [0.15, 0.2) is 18.2 Å². The van der Waals surface area contributed by atoms with Crippen molar-refractivity contribution in [1.29, 1.82) is 0 Å². The molecule has 13 nitrogen and oxygen atoms in total. The first-order valence-corrected chi connectivity index (χ1v) is 8.76. The Bertz CT molecular complexity index is 643. The molecule has 1 rings (SSSR count). The van der Waals surface area contributed by atoms with Gasteiger partial charge in [-0.3, -0.25) is 0 Å². The summed E-state index contributed by atoms with van der Waals surface area (Å²) in [5, 5.41) is 31.5. The summed E-state index contributed by atoms with van der Waals surface area (Å²) in [5.41, 5.74) is 0. The van der Waals surface area contributed by atoms with Crippen LogP contribution in [0, 0.1) is 20.2 Å². The molecule has 0 bridgehead atoms. The fourth-order valence-corrected chi connectivity index (χ4v) is 1.96. The van der Waals surface area contributed by atoms with Crippen molar-refractivity contribution in [3.63, 3.8) is 0 Å². The molecule has 0 fully saturated rings. The van der Waals surface area contributed by atoms with E-state index in [1.165, 1.54) is 18.2 Å². The van der Waals surface area contributed by atoms with E-state index in [2.05, 4.69) is 15.0 Å². The lowest BCUT2D eigenvalue weighted by atomic mass is 10.3. The zero-order valence-electron chi connectivity index (χ0n) is 16.1. The van der Waals surface area contributed by atoms with Gasteiger partial charge in [0.1, 0.15) is 44.9 Å². The molecule has 0 spiro atoms. The van der Waals surface area contributed by atoms with Gasteiger partial charge >= 0.3 is 0 Å². The van der Waals surface area contributed by atoms with E-state index in [4.69, 9.17) is 14.2 Å². The Hall–Kier alpha value is -3.06. The van der Waals surface area contributed by atoms with Crippen LogP contribution in [0.25, 0.3) is 0 Å². The number of hydrogen-bond acceptors (Lipinski definition) is 11. The van der Waals surface area contributed by atoms with E-state index >= 15 is 0 Å². The molecule has 0 aliphatic heterocycles. The van der Waals surface area contributed by atoms with Crippen molar-refractivity contribution in [3.8, 4) is 17.2 Å². The van der Waals surface area contributed by atoms with Crippen molar-refractivity contribution < 1.29 is 39.2 Å². The van der Waals surface area contributed by atoms with Crippen LogP contribution < -0.4 is 19.5 Å². The first kappa shape index (κ1) is 24.0. The Kier molecular flexibility index (Phi) is 10.9. The predicted octanol–water partition coefficient (Wildman–Crippen LogP) is 0.598. The summed E-state index contributed by atoms with van der Waals surface area (Å²) in [6, 6.07) is 4.70. The second kappa shape index (κ2) is 13.2. The van der Waals surface area contributed by atoms with Crippen molar-refractivity contribution in [2.45, 2.75) is 26.0 Å². The second-order valence-corrected chi connectivity index (χ2v) is 5.95. The monoisotopic (exact) mass is 419 g/mol. The van der Waals surface area contributed by atoms with Gasteiger partial charge in [-0.2, -0.15) is 0 Å². The first-order valence-electron chi connectivity index (χ1n) is 8.76. The third kappa shape index (κ3) is 11.4. The minimum absolute atomic E-state index is 0.0463. The molecule has 164 valence electrons. The van der Waals surface area contributed by atoms with E-state index in [1.807, 2.05) is 13.8 Å². The lowest BCUT2D eigenvalue weighted by Gasteiger charge is -2.18. The normalized spacial score (nSPS) is 11.6. The molecule has 13 heteroatoms. The molecule has 1 aromatic rings. The van der Waals surface area contributed by atoms with Crippen LogP contribution in [0.3, 0.4) is 0 Å². The van der Waals surface area contributed by atoms with Gasteiger partial charge in [-0.15, -0.1) is 20.2 Å². The minimum Gasteiger partial charge on any atom is -0.491 e. The third-order valence-corrected chi connectivity index (χ3v) is 3.19. The van der Waals surface area contributed by atoms with Gasteiger partial charge in [0.05, 0.1) is 0 Å². The van der Waals surface area contributed by atoms with Crippen LogP contribution in [-0.2, 0) is 9.68 Å². The van der Waals surface area contributed by atoms with Gasteiger partial charge in [0, 0.05) is 18.7 Å². The SMILES string of the molecule is CC(C)NCC(O)COc1cc(OCCO[N+](=O)[O-])ccc1OCCO[N+](=O)[O-]. The van der Waals surface area contributed by atoms with Crippen LogP contribution in [0.2, 0.25) is 0 Å². The van der Waals surface area contributed by atoms with Crippen molar-refractivity contribution >= 4 is 0 Å².